The number of aliphatic hydroxyl groups is 1. The predicted molar refractivity (Wildman–Crippen MR) is 146 cm³/mol. The number of hydrogen-bond donors (Lipinski definition) is 4. The first-order valence-corrected chi connectivity index (χ1v) is 13.1. The van der Waals surface area contributed by atoms with E-state index in [0.29, 0.717) is 31.2 Å². The van der Waals surface area contributed by atoms with E-state index < -0.39 is 6.09 Å². The molecule has 3 aromatic rings. The lowest BCUT2D eigenvalue weighted by atomic mass is 10.0. The van der Waals surface area contributed by atoms with Gasteiger partial charge in [0.2, 0.25) is 5.78 Å². The minimum atomic E-state index is -0.433. The smallest absolute Gasteiger partial charge is 0.411 e. The SMILES string of the molecule is O=C(Nc1ccccc1-c1ccccc1)OC1CCN(CCNCC(=O)c2ccc(CNCCO)o2)CC1. The van der Waals surface area contributed by atoms with Crippen LogP contribution >= 0.6 is 0 Å². The summed E-state index contributed by atoms with van der Waals surface area (Å²) in [5.41, 5.74) is 2.71. The number of carbonyl (C=O) groups is 2. The van der Waals surface area contributed by atoms with Crippen LogP contribution < -0.4 is 16.0 Å². The number of ether oxygens (including phenoxy) is 1. The van der Waals surface area contributed by atoms with Crippen LogP contribution in [-0.2, 0) is 11.3 Å². The summed E-state index contributed by atoms with van der Waals surface area (Å²) in [5, 5.41) is 17.9. The summed E-state index contributed by atoms with van der Waals surface area (Å²) < 4.78 is 11.3. The fraction of sp³-hybridized carbons (Fsp3) is 0.379. The molecule has 2 aromatic carbocycles. The van der Waals surface area contributed by atoms with E-state index in [0.717, 1.165) is 49.3 Å². The van der Waals surface area contributed by atoms with Crippen LogP contribution in [0.25, 0.3) is 11.1 Å². The van der Waals surface area contributed by atoms with E-state index in [9.17, 15) is 9.59 Å². The average Bonchev–Trinajstić information content (AvgIpc) is 3.42. The second kappa shape index (κ2) is 14.4. The Labute approximate surface area is 223 Å². The highest BCUT2D eigenvalue weighted by atomic mass is 16.6. The molecular formula is C29H36N4O5. The van der Waals surface area contributed by atoms with Crippen molar-refractivity contribution in [3.05, 3.63) is 78.3 Å². The Bertz CT molecular complexity index is 1160. The van der Waals surface area contributed by atoms with Gasteiger partial charge in [-0.2, -0.15) is 0 Å². The van der Waals surface area contributed by atoms with E-state index in [1.807, 2.05) is 54.6 Å². The number of nitrogens with zero attached hydrogens (tertiary/aromatic N) is 1. The number of hydrogen-bond acceptors (Lipinski definition) is 8. The molecule has 9 nitrogen and oxygen atoms in total. The second-order valence-corrected chi connectivity index (χ2v) is 9.25. The van der Waals surface area contributed by atoms with Crippen molar-refractivity contribution in [2.75, 3.05) is 51.2 Å². The molecule has 202 valence electrons. The number of anilines is 1. The molecule has 0 radical (unpaired) electrons. The van der Waals surface area contributed by atoms with E-state index in [1.165, 1.54) is 0 Å². The number of nitrogens with one attached hydrogen (secondary N) is 3. The van der Waals surface area contributed by atoms with Gasteiger partial charge < -0.3 is 29.8 Å². The van der Waals surface area contributed by atoms with E-state index in [1.54, 1.807) is 12.1 Å². The van der Waals surface area contributed by atoms with Gasteiger partial charge in [-0.15, -0.1) is 0 Å². The summed E-state index contributed by atoms with van der Waals surface area (Å²) in [6, 6.07) is 21.1. The fourth-order valence-electron chi connectivity index (χ4n) is 4.44. The molecule has 1 aromatic heterocycles. The third-order valence-electron chi connectivity index (χ3n) is 6.47. The molecule has 4 rings (SSSR count). The Morgan fingerprint density at radius 3 is 2.50 bits per heavy atom. The van der Waals surface area contributed by atoms with Crippen molar-refractivity contribution in [3.63, 3.8) is 0 Å². The Kier molecular flexibility index (Phi) is 10.5. The molecule has 4 N–H and O–H groups in total. The fourth-order valence-corrected chi connectivity index (χ4v) is 4.44. The highest BCUT2D eigenvalue weighted by Gasteiger charge is 2.22. The standard InChI is InChI=1S/C29H36N4O5/c34-19-15-31-20-24-10-11-28(37-24)27(35)21-30-14-18-33-16-12-23(13-17-33)38-29(36)32-26-9-5-4-8-25(26)22-6-2-1-3-7-22/h1-11,23,30-31,34H,12-21H2,(H,32,36). The molecule has 9 heteroatoms. The van der Waals surface area contributed by atoms with E-state index in [4.69, 9.17) is 14.3 Å². The number of rotatable bonds is 13. The molecule has 1 fully saturated rings. The molecule has 1 aliphatic rings. The highest BCUT2D eigenvalue weighted by molar-refractivity contribution is 5.95. The molecule has 1 aliphatic heterocycles. The Morgan fingerprint density at radius 2 is 1.71 bits per heavy atom. The summed E-state index contributed by atoms with van der Waals surface area (Å²) >= 11 is 0. The van der Waals surface area contributed by atoms with Crippen LogP contribution in [-0.4, -0.2) is 73.9 Å². The zero-order chi connectivity index (χ0) is 26.6. The van der Waals surface area contributed by atoms with Gasteiger partial charge in [-0.3, -0.25) is 10.1 Å². The molecule has 2 heterocycles. The van der Waals surface area contributed by atoms with Gasteiger partial charge in [0.25, 0.3) is 0 Å². The number of likely N-dealkylation sites (tertiary alicyclic amines) is 1. The maximum Gasteiger partial charge on any atom is 0.411 e. The maximum absolute atomic E-state index is 12.6. The van der Waals surface area contributed by atoms with Crippen LogP contribution in [0.1, 0.15) is 29.2 Å². The number of piperidine rings is 1. The van der Waals surface area contributed by atoms with Crippen LogP contribution in [0.4, 0.5) is 10.5 Å². The predicted octanol–water partition coefficient (Wildman–Crippen LogP) is 3.51. The zero-order valence-electron chi connectivity index (χ0n) is 21.5. The molecule has 1 amide bonds. The largest absolute Gasteiger partial charge is 0.457 e. The quantitative estimate of drug-likeness (QED) is 0.200. The number of para-hydroxylation sites is 1. The van der Waals surface area contributed by atoms with Crippen molar-refractivity contribution >= 4 is 17.6 Å². The number of carbonyl (C=O) groups excluding carboxylic acids is 2. The third-order valence-corrected chi connectivity index (χ3v) is 6.47. The molecule has 1 saturated heterocycles. The Balaban J connectivity index is 1.12. The minimum absolute atomic E-state index is 0.0562. The van der Waals surface area contributed by atoms with Gasteiger partial charge in [0, 0.05) is 38.3 Å². The lowest BCUT2D eigenvalue weighted by Crippen LogP contribution is -2.42. The van der Waals surface area contributed by atoms with E-state index in [-0.39, 0.29) is 25.0 Å². The lowest BCUT2D eigenvalue weighted by molar-refractivity contribution is 0.0593. The van der Waals surface area contributed by atoms with Crippen LogP contribution in [0, 0.1) is 0 Å². The average molecular weight is 521 g/mol. The van der Waals surface area contributed by atoms with Crippen LogP contribution in [0.15, 0.2) is 71.1 Å². The summed E-state index contributed by atoms with van der Waals surface area (Å²) in [4.78, 5) is 27.2. The number of benzene rings is 2. The first-order chi connectivity index (χ1) is 18.6. The Morgan fingerprint density at radius 1 is 0.947 bits per heavy atom. The number of Topliss-reactive ketones (excluding diaryl/α,β-unsaturated/α-hetero) is 1. The molecule has 0 aliphatic carbocycles. The third kappa shape index (κ3) is 8.26. The topological polar surface area (TPSA) is 116 Å². The first kappa shape index (κ1) is 27.5. The van der Waals surface area contributed by atoms with E-state index in [2.05, 4.69) is 20.9 Å². The van der Waals surface area contributed by atoms with Crippen molar-refractivity contribution in [1.29, 1.82) is 0 Å². The van der Waals surface area contributed by atoms with E-state index >= 15 is 0 Å². The molecule has 0 bridgehead atoms. The molecule has 0 unspecified atom stereocenters. The summed E-state index contributed by atoms with van der Waals surface area (Å²) in [6.45, 7) is 4.37. The van der Waals surface area contributed by atoms with Crippen molar-refractivity contribution in [2.45, 2.75) is 25.5 Å². The summed E-state index contributed by atoms with van der Waals surface area (Å²) in [7, 11) is 0. The monoisotopic (exact) mass is 520 g/mol. The summed E-state index contributed by atoms with van der Waals surface area (Å²) in [6.07, 6.45) is 0.986. The van der Waals surface area contributed by atoms with Gasteiger partial charge >= 0.3 is 6.09 Å². The maximum atomic E-state index is 12.6. The molecule has 0 saturated carbocycles. The van der Waals surface area contributed by atoms with Gasteiger partial charge in [-0.1, -0.05) is 48.5 Å². The number of ketones is 1. The molecule has 38 heavy (non-hydrogen) atoms. The van der Waals surface area contributed by atoms with Crippen molar-refractivity contribution < 1.29 is 23.8 Å². The van der Waals surface area contributed by atoms with Gasteiger partial charge in [-0.05, 0) is 36.6 Å². The number of furan rings is 1. The minimum Gasteiger partial charge on any atom is -0.457 e. The second-order valence-electron chi connectivity index (χ2n) is 9.25. The summed E-state index contributed by atoms with van der Waals surface area (Å²) in [5.74, 6) is 0.910. The Hall–Kier alpha value is -3.50. The van der Waals surface area contributed by atoms with Gasteiger partial charge in [0.15, 0.2) is 5.76 Å². The molecule has 0 atom stereocenters. The van der Waals surface area contributed by atoms with Crippen LogP contribution in [0.5, 0.6) is 0 Å². The lowest BCUT2D eigenvalue weighted by Gasteiger charge is -2.31. The molecular weight excluding hydrogens is 484 g/mol. The van der Waals surface area contributed by atoms with Crippen molar-refractivity contribution in [2.24, 2.45) is 0 Å². The normalized spacial score (nSPS) is 14.3. The van der Waals surface area contributed by atoms with Gasteiger partial charge in [0.05, 0.1) is 25.4 Å². The van der Waals surface area contributed by atoms with Gasteiger partial charge in [0.1, 0.15) is 11.9 Å². The first-order valence-electron chi connectivity index (χ1n) is 13.1. The van der Waals surface area contributed by atoms with Gasteiger partial charge in [-0.25, -0.2) is 4.79 Å². The number of amides is 1. The van der Waals surface area contributed by atoms with Crippen molar-refractivity contribution in [1.82, 2.24) is 15.5 Å². The van der Waals surface area contributed by atoms with Crippen LogP contribution in [0.3, 0.4) is 0 Å². The van der Waals surface area contributed by atoms with Crippen LogP contribution in [0.2, 0.25) is 0 Å². The number of aliphatic hydroxyl groups excluding tert-OH is 1. The highest BCUT2D eigenvalue weighted by Crippen LogP contribution is 2.28. The molecule has 0 spiro atoms. The zero-order valence-corrected chi connectivity index (χ0v) is 21.5. The van der Waals surface area contributed by atoms with Crippen molar-refractivity contribution in [3.8, 4) is 11.1 Å².